The van der Waals surface area contributed by atoms with Crippen LogP contribution >= 0.6 is 0 Å². The molecule has 0 amide bonds. The monoisotopic (exact) mass is 350 g/mol. The number of fused-ring (bicyclic) bond motifs is 1. The van der Waals surface area contributed by atoms with E-state index in [4.69, 9.17) is 4.74 Å². The Hall–Kier alpha value is -3.08. The quantitative estimate of drug-likeness (QED) is 0.709. The lowest BCUT2D eigenvalue weighted by molar-refractivity contribution is 0.414. The lowest BCUT2D eigenvalue weighted by Crippen LogP contribution is -2.20. The first kappa shape index (κ1) is 17.7. The molecule has 0 aliphatic rings. The van der Waals surface area contributed by atoms with Gasteiger partial charge in [0.2, 0.25) is 5.88 Å². The van der Waals surface area contributed by atoms with Gasteiger partial charge in [-0.15, -0.1) is 0 Å². The van der Waals surface area contributed by atoms with E-state index in [0.717, 1.165) is 6.42 Å². The summed E-state index contributed by atoms with van der Waals surface area (Å²) in [6, 6.07) is 14.4. The molecule has 3 rings (SSSR count). The van der Waals surface area contributed by atoms with Crippen molar-refractivity contribution >= 4 is 17.0 Å². The lowest BCUT2D eigenvalue weighted by Gasteiger charge is -2.14. The Morgan fingerprint density at radius 1 is 1.15 bits per heavy atom. The fraction of sp³-hybridized carbons (Fsp3) is 0.238. The molecule has 0 aliphatic heterocycles. The van der Waals surface area contributed by atoms with Crippen molar-refractivity contribution in [3.05, 3.63) is 64.4 Å². The highest BCUT2D eigenvalue weighted by atomic mass is 16.5. The Bertz CT molecular complexity index is 1000. The van der Waals surface area contributed by atoms with Crippen LogP contribution in [0.15, 0.2) is 58.3 Å². The molecular formula is C21H22N2O3. The Labute approximate surface area is 152 Å². The molecule has 0 unspecified atom stereocenters. The van der Waals surface area contributed by atoms with Crippen LogP contribution in [0, 0.1) is 0 Å². The molecule has 3 aromatic rings. The van der Waals surface area contributed by atoms with Crippen molar-refractivity contribution in [2.45, 2.75) is 26.3 Å². The first-order chi connectivity index (χ1) is 12.6. The third-order valence-corrected chi connectivity index (χ3v) is 4.48. The van der Waals surface area contributed by atoms with E-state index in [1.165, 1.54) is 4.57 Å². The predicted molar refractivity (Wildman–Crippen MR) is 105 cm³/mol. The average Bonchev–Trinajstić information content (AvgIpc) is 2.68. The Morgan fingerprint density at radius 2 is 1.81 bits per heavy atom. The van der Waals surface area contributed by atoms with Crippen LogP contribution in [0.5, 0.6) is 11.6 Å². The number of ether oxygens (including phenoxy) is 1. The largest absolute Gasteiger partial charge is 0.497 e. The highest BCUT2D eigenvalue weighted by Crippen LogP contribution is 2.26. The highest BCUT2D eigenvalue weighted by Gasteiger charge is 2.16. The van der Waals surface area contributed by atoms with Crippen molar-refractivity contribution in [3.63, 3.8) is 0 Å². The van der Waals surface area contributed by atoms with Gasteiger partial charge in [-0.1, -0.05) is 25.1 Å². The van der Waals surface area contributed by atoms with Crippen LogP contribution in [0.25, 0.3) is 16.5 Å². The molecule has 1 atom stereocenters. The van der Waals surface area contributed by atoms with E-state index in [1.807, 2.05) is 25.1 Å². The maximum absolute atomic E-state index is 13.0. The molecule has 0 aliphatic carbocycles. The maximum atomic E-state index is 13.0. The van der Waals surface area contributed by atoms with E-state index in [1.54, 1.807) is 43.7 Å². The zero-order chi connectivity index (χ0) is 18.7. The standard InChI is InChI=1S/C21H22N2O3/c1-4-14(2)22-13-19-17-7-5-6-8-18(17)20(24)23(21(19)25)15-9-11-16(26-3)12-10-15/h5-14,25H,4H2,1-3H3/t14-/m0/s1. The fourth-order valence-electron chi connectivity index (χ4n) is 2.77. The van der Waals surface area contributed by atoms with Gasteiger partial charge in [-0.05, 0) is 43.7 Å². The van der Waals surface area contributed by atoms with Crippen LogP contribution < -0.4 is 10.3 Å². The SMILES string of the molecule is CC[C@H](C)N=Cc1c(O)n(-c2ccc(OC)cc2)c(=O)c2ccccc12. The summed E-state index contributed by atoms with van der Waals surface area (Å²) in [7, 11) is 1.58. The Kier molecular flexibility index (Phi) is 5.07. The van der Waals surface area contributed by atoms with Gasteiger partial charge in [-0.3, -0.25) is 9.79 Å². The summed E-state index contributed by atoms with van der Waals surface area (Å²) in [4.78, 5) is 17.5. The molecule has 0 bridgehead atoms. The van der Waals surface area contributed by atoms with Crippen LogP contribution in [0.2, 0.25) is 0 Å². The number of aliphatic imine (C=N–C) groups is 1. The molecule has 0 radical (unpaired) electrons. The molecular weight excluding hydrogens is 328 g/mol. The van der Waals surface area contributed by atoms with Crippen LogP contribution in [0.1, 0.15) is 25.8 Å². The topological polar surface area (TPSA) is 63.8 Å². The van der Waals surface area contributed by atoms with Gasteiger partial charge in [-0.25, -0.2) is 4.57 Å². The Balaban J connectivity index is 2.29. The van der Waals surface area contributed by atoms with E-state index < -0.39 is 0 Å². The zero-order valence-electron chi connectivity index (χ0n) is 15.1. The number of benzene rings is 2. The van der Waals surface area contributed by atoms with Crippen molar-refractivity contribution in [2.75, 3.05) is 7.11 Å². The molecule has 2 aromatic carbocycles. The highest BCUT2D eigenvalue weighted by molar-refractivity contribution is 6.01. The number of methoxy groups -OCH3 is 1. The first-order valence-corrected chi connectivity index (χ1v) is 8.61. The number of aromatic nitrogens is 1. The summed E-state index contributed by atoms with van der Waals surface area (Å²) in [5.74, 6) is 0.562. The number of pyridine rings is 1. The molecule has 0 saturated heterocycles. The van der Waals surface area contributed by atoms with Gasteiger partial charge in [0.25, 0.3) is 5.56 Å². The van der Waals surface area contributed by atoms with Crippen molar-refractivity contribution in [2.24, 2.45) is 4.99 Å². The molecule has 0 saturated carbocycles. The van der Waals surface area contributed by atoms with Gasteiger partial charge in [0.1, 0.15) is 5.75 Å². The summed E-state index contributed by atoms with van der Waals surface area (Å²) >= 11 is 0. The number of hydrogen-bond acceptors (Lipinski definition) is 4. The van der Waals surface area contributed by atoms with E-state index in [9.17, 15) is 9.90 Å². The van der Waals surface area contributed by atoms with Crippen molar-refractivity contribution in [1.29, 1.82) is 0 Å². The van der Waals surface area contributed by atoms with Gasteiger partial charge in [0.05, 0.1) is 18.4 Å². The summed E-state index contributed by atoms with van der Waals surface area (Å²) in [5.41, 5.74) is 0.831. The van der Waals surface area contributed by atoms with Crippen LogP contribution in [-0.4, -0.2) is 29.0 Å². The second-order valence-electron chi connectivity index (χ2n) is 6.16. The maximum Gasteiger partial charge on any atom is 0.265 e. The van der Waals surface area contributed by atoms with Gasteiger partial charge in [0.15, 0.2) is 0 Å². The lowest BCUT2D eigenvalue weighted by atomic mass is 10.1. The Morgan fingerprint density at radius 3 is 2.42 bits per heavy atom. The van der Waals surface area contributed by atoms with Crippen molar-refractivity contribution < 1.29 is 9.84 Å². The fourth-order valence-corrected chi connectivity index (χ4v) is 2.77. The normalized spacial score (nSPS) is 12.6. The predicted octanol–water partition coefficient (Wildman–Crippen LogP) is 3.92. The summed E-state index contributed by atoms with van der Waals surface area (Å²) < 4.78 is 6.47. The average molecular weight is 350 g/mol. The van der Waals surface area contributed by atoms with Gasteiger partial charge < -0.3 is 9.84 Å². The molecule has 1 heterocycles. The van der Waals surface area contributed by atoms with E-state index in [0.29, 0.717) is 27.8 Å². The molecule has 1 N–H and O–H groups in total. The van der Waals surface area contributed by atoms with E-state index in [-0.39, 0.29) is 17.5 Å². The zero-order valence-corrected chi connectivity index (χ0v) is 15.1. The molecule has 26 heavy (non-hydrogen) atoms. The third kappa shape index (κ3) is 3.20. The number of hydrogen-bond donors (Lipinski definition) is 1. The van der Waals surface area contributed by atoms with Crippen molar-refractivity contribution in [1.82, 2.24) is 4.57 Å². The summed E-state index contributed by atoms with van der Waals surface area (Å²) in [6.45, 7) is 4.06. The van der Waals surface area contributed by atoms with Crippen LogP contribution in [-0.2, 0) is 0 Å². The van der Waals surface area contributed by atoms with Gasteiger partial charge >= 0.3 is 0 Å². The minimum atomic E-state index is -0.274. The smallest absolute Gasteiger partial charge is 0.265 e. The van der Waals surface area contributed by atoms with Crippen molar-refractivity contribution in [3.8, 4) is 17.3 Å². The molecule has 1 aromatic heterocycles. The van der Waals surface area contributed by atoms with E-state index in [2.05, 4.69) is 11.9 Å². The second-order valence-corrected chi connectivity index (χ2v) is 6.16. The molecule has 5 heteroatoms. The minimum Gasteiger partial charge on any atom is -0.497 e. The third-order valence-electron chi connectivity index (χ3n) is 4.48. The minimum absolute atomic E-state index is 0.120. The molecule has 134 valence electrons. The van der Waals surface area contributed by atoms with Crippen LogP contribution in [0.4, 0.5) is 0 Å². The molecule has 0 spiro atoms. The summed E-state index contributed by atoms with van der Waals surface area (Å²) in [6.07, 6.45) is 2.55. The number of aromatic hydroxyl groups is 1. The number of nitrogens with zero attached hydrogens (tertiary/aromatic N) is 2. The van der Waals surface area contributed by atoms with E-state index >= 15 is 0 Å². The number of rotatable bonds is 5. The van der Waals surface area contributed by atoms with Gasteiger partial charge in [-0.2, -0.15) is 0 Å². The molecule has 0 fully saturated rings. The molecule has 5 nitrogen and oxygen atoms in total. The van der Waals surface area contributed by atoms with Crippen LogP contribution in [0.3, 0.4) is 0 Å². The van der Waals surface area contributed by atoms with Gasteiger partial charge in [0, 0.05) is 23.0 Å². The first-order valence-electron chi connectivity index (χ1n) is 8.61. The summed E-state index contributed by atoms with van der Waals surface area (Å²) in [5, 5.41) is 12.1. The second kappa shape index (κ2) is 7.44.